The largest absolute Gasteiger partial charge is 0.394 e. The number of nitriles is 1. The molecule has 2 aromatic carbocycles. The molecule has 2 aromatic rings. The van der Waals surface area contributed by atoms with Crippen LogP contribution >= 0.6 is 0 Å². The van der Waals surface area contributed by atoms with Crippen LogP contribution in [0.1, 0.15) is 54.9 Å². The van der Waals surface area contributed by atoms with Crippen molar-refractivity contribution in [2.45, 2.75) is 44.6 Å². The van der Waals surface area contributed by atoms with Crippen LogP contribution in [0.2, 0.25) is 0 Å². The lowest BCUT2D eigenvalue weighted by Gasteiger charge is -2.39. The summed E-state index contributed by atoms with van der Waals surface area (Å²) in [5.74, 6) is -0.111. The fourth-order valence-electron chi connectivity index (χ4n) is 4.04. The summed E-state index contributed by atoms with van der Waals surface area (Å²) in [6.07, 6.45) is 5.38. The maximum absolute atomic E-state index is 12.6. The number of nitrogens with one attached hydrogen (secondary N) is 3. The van der Waals surface area contributed by atoms with Crippen molar-refractivity contribution in [2.75, 3.05) is 17.2 Å². The summed E-state index contributed by atoms with van der Waals surface area (Å²) < 4.78 is 0. The molecule has 3 amide bonds. The van der Waals surface area contributed by atoms with Gasteiger partial charge in [0.25, 0.3) is 5.91 Å². The van der Waals surface area contributed by atoms with Gasteiger partial charge in [0.1, 0.15) is 0 Å². The van der Waals surface area contributed by atoms with Crippen molar-refractivity contribution < 1.29 is 14.7 Å². The summed E-state index contributed by atoms with van der Waals surface area (Å²) in [6.45, 7) is 1.75. The number of aliphatic hydroxyl groups excluding tert-OH is 1. The average molecular weight is 421 g/mol. The quantitative estimate of drug-likeness (QED) is 0.559. The minimum Gasteiger partial charge on any atom is -0.394 e. The summed E-state index contributed by atoms with van der Waals surface area (Å²) in [5.41, 5.74) is 1.13. The lowest BCUT2D eigenvalue weighted by Crippen LogP contribution is -2.55. The first-order valence-corrected chi connectivity index (χ1v) is 10.5. The van der Waals surface area contributed by atoms with Gasteiger partial charge >= 0.3 is 6.03 Å². The van der Waals surface area contributed by atoms with E-state index >= 15 is 0 Å². The lowest BCUT2D eigenvalue weighted by molar-refractivity contribution is 0.102. The smallest absolute Gasteiger partial charge is 0.319 e. The van der Waals surface area contributed by atoms with Gasteiger partial charge in [-0.25, -0.2) is 4.79 Å². The Morgan fingerprint density at radius 1 is 1.06 bits per heavy atom. The number of rotatable bonds is 6. The van der Waals surface area contributed by atoms with Crippen LogP contribution in [-0.2, 0) is 0 Å². The third-order valence-electron chi connectivity index (χ3n) is 5.87. The van der Waals surface area contributed by atoms with Gasteiger partial charge in [-0.1, -0.05) is 31.4 Å². The molecule has 1 unspecified atom stereocenters. The van der Waals surface area contributed by atoms with Crippen LogP contribution in [0, 0.1) is 17.2 Å². The second-order valence-electron chi connectivity index (χ2n) is 8.22. The van der Waals surface area contributed by atoms with E-state index in [0.717, 1.165) is 25.7 Å². The molecular weight excluding hydrogens is 392 g/mol. The molecule has 0 radical (unpaired) electrons. The number of benzene rings is 2. The number of nitrogens with zero attached hydrogens (tertiary/aromatic N) is 1. The van der Waals surface area contributed by atoms with Crippen molar-refractivity contribution in [1.82, 2.24) is 5.32 Å². The Bertz CT molecular complexity index is 979. The van der Waals surface area contributed by atoms with Crippen LogP contribution in [0.3, 0.4) is 0 Å². The van der Waals surface area contributed by atoms with Crippen LogP contribution in [0.25, 0.3) is 0 Å². The van der Waals surface area contributed by atoms with Crippen molar-refractivity contribution in [3.8, 4) is 6.07 Å². The summed E-state index contributed by atoms with van der Waals surface area (Å²) in [4.78, 5) is 25.2. The normalized spacial score (nSPS) is 15.9. The first kappa shape index (κ1) is 22.3. The van der Waals surface area contributed by atoms with Gasteiger partial charge in [0, 0.05) is 16.9 Å². The summed E-state index contributed by atoms with van der Waals surface area (Å²) in [5, 5.41) is 27.4. The van der Waals surface area contributed by atoms with Crippen molar-refractivity contribution in [3.63, 3.8) is 0 Å². The topological polar surface area (TPSA) is 114 Å². The van der Waals surface area contributed by atoms with Gasteiger partial charge in [-0.3, -0.25) is 4.79 Å². The Labute approximate surface area is 182 Å². The van der Waals surface area contributed by atoms with Crippen LogP contribution in [0.4, 0.5) is 16.2 Å². The highest BCUT2D eigenvalue weighted by molar-refractivity contribution is 6.05. The number of anilines is 2. The molecule has 0 aliphatic heterocycles. The highest BCUT2D eigenvalue weighted by Crippen LogP contribution is 2.32. The molecule has 0 heterocycles. The number of urea groups is 1. The highest BCUT2D eigenvalue weighted by Gasteiger charge is 2.35. The van der Waals surface area contributed by atoms with E-state index in [2.05, 4.69) is 16.0 Å². The Morgan fingerprint density at radius 2 is 1.74 bits per heavy atom. The molecule has 0 aromatic heterocycles. The molecule has 0 saturated heterocycles. The fraction of sp³-hybridized carbons (Fsp3) is 0.375. The SMILES string of the molecule is CC(CO)(NC(=O)Nc1cccc(C(=O)Nc2cccc(C#N)c2)c1)C1CCCCC1. The number of hydrogen-bond acceptors (Lipinski definition) is 4. The van der Waals surface area contributed by atoms with E-state index in [0.29, 0.717) is 22.5 Å². The molecule has 3 rings (SSSR count). The van der Waals surface area contributed by atoms with Gasteiger partial charge in [0.05, 0.1) is 23.8 Å². The van der Waals surface area contributed by atoms with Gasteiger partial charge < -0.3 is 21.1 Å². The van der Waals surface area contributed by atoms with Crippen molar-refractivity contribution in [3.05, 3.63) is 59.7 Å². The number of carbonyl (C=O) groups is 2. The molecular formula is C24H28N4O3. The molecule has 31 heavy (non-hydrogen) atoms. The second-order valence-corrected chi connectivity index (χ2v) is 8.22. The van der Waals surface area contributed by atoms with E-state index in [1.807, 2.05) is 13.0 Å². The third-order valence-corrected chi connectivity index (χ3v) is 5.87. The van der Waals surface area contributed by atoms with E-state index in [1.165, 1.54) is 6.42 Å². The predicted molar refractivity (Wildman–Crippen MR) is 120 cm³/mol. The Morgan fingerprint density at radius 3 is 2.42 bits per heavy atom. The minimum atomic E-state index is -0.689. The molecule has 0 bridgehead atoms. The van der Waals surface area contributed by atoms with Crippen LogP contribution < -0.4 is 16.0 Å². The van der Waals surface area contributed by atoms with Crippen molar-refractivity contribution in [1.29, 1.82) is 5.26 Å². The van der Waals surface area contributed by atoms with E-state index in [9.17, 15) is 14.7 Å². The van der Waals surface area contributed by atoms with Crippen LogP contribution in [0.15, 0.2) is 48.5 Å². The standard InChI is InChI=1S/C24H28N4O3/c1-24(16-29,19-9-3-2-4-10-19)28-23(31)27-21-12-6-8-18(14-21)22(30)26-20-11-5-7-17(13-20)15-25/h5-8,11-14,19,29H,2-4,9-10,16H2,1H3,(H,26,30)(H2,27,28,31). The first-order valence-electron chi connectivity index (χ1n) is 10.5. The summed E-state index contributed by atoms with van der Waals surface area (Å²) in [6, 6.07) is 14.9. The zero-order chi connectivity index (χ0) is 22.3. The van der Waals surface area contributed by atoms with Crippen LogP contribution in [0.5, 0.6) is 0 Å². The molecule has 1 fully saturated rings. The van der Waals surface area contributed by atoms with Crippen molar-refractivity contribution >= 4 is 23.3 Å². The van der Waals surface area contributed by atoms with Gasteiger partial charge in [-0.15, -0.1) is 0 Å². The molecule has 7 heteroatoms. The molecule has 1 atom stereocenters. The van der Waals surface area contributed by atoms with Gasteiger partial charge in [0.15, 0.2) is 0 Å². The number of amides is 3. The Balaban J connectivity index is 1.64. The van der Waals surface area contributed by atoms with E-state index in [1.54, 1.807) is 48.5 Å². The predicted octanol–water partition coefficient (Wildman–Crippen LogP) is 4.26. The first-order chi connectivity index (χ1) is 14.9. The zero-order valence-electron chi connectivity index (χ0n) is 17.6. The Hall–Kier alpha value is -3.37. The van der Waals surface area contributed by atoms with Crippen molar-refractivity contribution in [2.24, 2.45) is 5.92 Å². The molecule has 1 saturated carbocycles. The summed E-state index contributed by atoms with van der Waals surface area (Å²) in [7, 11) is 0. The zero-order valence-corrected chi connectivity index (χ0v) is 17.6. The monoisotopic (exact) mass is 420 g/mol. The molecule has 162 valence electrons. The van der Waals surface area contributed by atoms with Gasteiger partial charge in [0.2, 0.25) is 0 Å². The fourth-order valence-corrected chi connectivity index (χ4v) is 4.04. The molecule has 0 spiro atoms. The highest BCUT2D eigenvalue weighted by atomic mass is 16.3. The van der Waals surface area contributed by atoms with Crippen LogP contribution in [-0.4, -0.2) is 29.2 Å². The molecule has 1 aliphatic rings. The maximum Gasteiger partial charge on any atom is 0.319 e. The average Bonchev–Trinajstić information content (AvgIpc) is 2.79. The second kappa shape index (κ2) is 10.1. The van der Waals surface area contributed by atoms with E-state index < -0.39 is 11.6 Å². The number of hydrogen-bond donors (Lipinski definition) is 4. The minimum absolute atomic E-state index is 0.130. The van der Waals surface area contributed by atoms with E-state index in [-0.39, 0.29) is 18.4 Å². The Kier molecular flexibility index (Phi) is 7.27. The van der Waals surface area contributed by atoms with E-state index in [4.69, 9.17) is 5.26 Å². The molecule has 7 nitrogen and oxygen atoms in total. The third kappa shape index (κ3) is 5.83. The number of aliphatic hydroxyl groups is 1. The summed E-state index contributed by atoms with van der Waals surface area (Å²) >= 11 is 0. The molecule has 1 aliphatic carbocycles. The number of carbonyl (C=O) groups excluding carboxylic acids is 2. The van der Waals surface area contributed by atoms with Gasteiger partial charge in [-0.05, 0) is 62.1 Å². The molecule has 4 N–H and O–H groups in total. The lowest BCUT2D eigenvalue weighted by atomic mass is 9.76. The van der Waals surface area contributed by atoms with Gasteiger partial charge in [-0.2, -0.15) is 5.26 Å². The maximum atomic E-state index is 12.6.